The van der Waals surface area contributed by atoms with E-state index in [0.717, 1.165) is 29.4 Å². The number of rotatable bonds is 5. The van der Waals surface area contributed by atoms with Gasteiger partial charge in [-0.15, -0.1) is 24.0 Å². The number of benzene rings is 1. The van der Waals surface area contributed by atoms with Crippen LogP contribution in [0.15, 0.2) is 46.1 Å². The number of hydrogen-bond acceptors (Lipinski definition) is 3. The van der Waals surface area contributed by atoms with E-state index in [0.29, 0.717) is 13.1 Å². The summed E-state index contributed by atoms with van der Waals surface area (Å²) < 4.78 is 2.12. The number of hydrogen-bond donors (Lipinski definition) is 2. The number of aryl methyl sites for hydroxylation is 1. The molecule has 0 radical (unpaired) electrons. The topological polar surface area (TPSA) is 54.2 Å². The van der Waals surface area contributed by atoms with Gasteiger partial charge in [-0.1, -0.05) is 12.1 Å². The summed E-state index contributed by atoms with van der Waals surface area (Å²) in [6, 6.07) is 10.3. The molecule has 2 N–H and O–H groups in total. The minimum atomic E-state index is 0. The van der Waals surface area contributed by atoms with Crippen LogP contribution in [0.2, 0.25) is 0 Å². The highest BCUT2D eigenvalue weighted by Gasteiger charge is 2.07. The van der Waals surface area contributed by atoms with Crippen LogP contribution in [0.5, 0.6) is 0 Å². The summed E-state index contributed by atoms with van der Waals surface area (Å²) in [4.78, 5) is 9.29. The van der Waals surface area contributed by atoms with E-state index in [1.54, 1.807) is 11.3 Å². The molecule has 1 aromatic carbocycles. The van der Waals surface area contributed by atoms with E-state index in [2.05, 4.69) is 55.0 Å². The van der Waals surface area contributed by atoms with E-state index in [1.165, 1.54) is 5.56 Å². The quantitative estimate of drug-likeness (QED) is 0.352. The third kappa shape index (κ3) is 4.47. The van der Waals surface area contributed by atoms with Crippen molar-refractivity contribution in [1.29, 1.82) is 0 Å². The van der Waals surface area contributed by atoms with Crippen LogP contribution >= 0.6 is 35.3 Å². The van der Waals surface area contributed by atoms with Crippen molar-refractivity contribution < 1.29 is 0 Å². The molecule has 0 aliphatic rings. The maximum absolute atomic E-state index is 4.67. The van der Waals surface area contributed by atoms with Crippen molar-refractivity contribution in [2.45, 2.75) is 20.0 Å². The molecule has 0 aliphatic heterocycles. The van der Waals surface area contributed by atoms with Gasteiger partial charge in [0.15, 0.2) is 5.96 Å². The number of thiophene rings is 1. The normalized spacial score (nSPS) is 11.3. The molecule has 0 aliphatic carbocycles. The number of fused-ring (bicyclic) bond motifs is 1. The Balaban J connectivity index is 0.00000208. The molecule has 0 unspecified atom stereocenters. The van der Waals surface area contributed by atoms with Crippen LogP contribution in [0.4, 0.5) is 0 Å². The molecular formula is C17H22IN5S. The van der Waals surface area contributed by atoms with Gasteiger partial charge in [0.05, 0.1) is 24.1 Å². The molecule has 7 heteroatoms. The van der Waals surface area contributed by atoms with E-state index >= 15 is 0 Å². The fraction of sp³-hybridized carbons (Fsp3) is 0.294. The predicted octanol–water partition coefficient (Wildman–Crippen LogP) is 3.51. The van der Waals surface area contributed by atoms with Crippen LogP contribution in [0.3, 0.4) is 0 Å². The van der Waals surface area contributed by atoms with Crippen molar-refractivity contribution in [3.8, 4) is 0 Å². The zero-order valence-corrected chi connectivity index (χ0v) is 17.0. The van der Waals surface area contributed by atoms with Gasteiger partial charge in [0, 0.05) is 13.6 Å². The van der Waals surface area contributed by atoms with Crippen LogP contribution in [0, 0.1) is 0 Å². The first-order valence-corrected chi connectivity index (χ1v) is 8.66. The van der Waals surface area contributed by atoms with E-state index in [4.69, 9.17) is 0 Å². The van der Waals surface area contributed by atoms with Gasteiger partial charge in [0.1, 0.15) is 5.82 Å². The Morgan fingerprint density at radius 1 is 1.25 bits per heavy atom. The highest BCUT2D eigenvalue weighted by molar-refractivity contribution is 14.0. The zero-order valence-electron chi connectivity index (χ0n) is 13.8. The molecule has 0 atom stereocenters. The molecule has 2 heterocycles. The Hall–Kier alpha value is -1.61. The lowest BCUT2D eigenvalue weighted by Crippen LogP contribution is -2.37. The monoisotopic (exact) mass is 455 g/mol. The van der Waals surface area contributed by atoms with Gasteiger partial charge < -0.3 is 15.2 Å². The smallest absolute Gasteiger partial charge is 0.191 e. The number of imidazole rings is 1. The number of aromatic nitrogens is 2. The molecule has 0 saturated carbocycles. The fourth-order valence-corrected chi connectivity index (χ4v) is 3.07. The Morgan fingerprint density at radius 2 is 2.08 bits per heavy atom. The Labute approximate surface area is 163 Å². The number of halogens is 1. The lowest BCUT2D eigenvalue weighted by atomic mass is 10.3. The lowest BCUT2D eigenvalue weighted by molar-refractivity contribution is 0.738. The number of para-hydroxylation sites is 2. The number of guanidine groups is 1. The molecule has 128 valence electrons. The van der Waals surface area contributed by atoms with E-state index in [-0.39, 0.29) is 24.0 Å². The first-order valence-electron chi connectivity index (χ1n) is 7.71. The maximum atomic E-state index is 4.67. The van der Waals surface area contributed by atoms with Gasteiger partial charge in [-0.05, 0) is 41.4 Å². The molecular weight excluding hydrogens is 433 g/mol. The third-order valence-electron chi connectivity index (χ3n) is 3.64. The minimum absolute atomic E-state index is 0. The largest absolute Gasteiger partial charge is 0.357 e. The summed E-state index contributed by atoms with van der Waals surface area (Å²) in [5.74, 6) is 1.80. The standard InChI is InChI=1S/C17H21N5S.HI/c1-3-18-17(19-10-13-8-9-23-12-13)20-11-16-21-14-6-4-5-7-15(14)22(16)2;/h4-9,12H,3,10-11H2,1-2H3,(H2,18,19,20);1H. The summed E-state index contributed by atoms with van der Waals surface area (Å²) in [6.45, 7) is 4.22. The maximum Gasteiger partial charge on any atom is 0.191 e. The second kappa shape index (κ2) is 9.03. The number of aliphatic imine (C=N–C) groups is 1. The van der Waals surface area contributed by atoms with Gasteiger partial charge in [-0.25, -0.2) is 9.98 Å². The number of nitrogens with one attached hydrogen (secondary N) is 2. The van der Waals surface area contributed by atoms with Crippen LogP contribution in [-0.4, -0.2) is 22.1 Å². The van der Waals surface area contributed by atoms with E-state index in [1.807, 2.05) is 25.2 Å². The van der Waals surface area contributed by atoms with E-state index in [9.17, 15) is 0 Å². The lowest BCUT2D eigenvalue weighted by Gasteiger charge is -2.11. The highest BCUT2D eigenvalue weighted by atomic mass is 127. The SMILES string of the molecule is CCNC(=NCc1ccsc1)NCc1nc2ccccc2n1C.I. The average molecular weight is 455 g/mol. The fourth-order valence-electron chi connectivity index (χ4n) is 2.41. The van der Waals surface area contributed by atoms with Crippen LogP contribution < -0.4 is 10.6 Å². The molecule has 5 nitrogen and oxygen atoms in total. The minimum Gasteiger partial charge on any atom is -0.357 e. The van der Waals surface area contributed by atoms with Crippen molar-refractivity contribution in [2.75, 3.05) is 6.54 Å². The van der Waals surface area contributed by atoms with Gasteiger partial charge >= 0.3 is 0 Å². The predicted molar refractivity (Wildman–Crippen MR) is 112 cm³/mol. The second-order valence-corrected chi connectivity index (χ2v) is 6.04. The summed E-state index contributed by atoms with van der Waals surface area (Å²) >= 11 is 1.70. The first-order chi connectivity index (χ1) is 11.3. The Kier molecular flexibility index (Phi) is 7.04. The molecule has 0 bridgehead atoms. The first kappa shape index (κ1) is 18.7. The zero-order chi connectivity index (χ0) is 16.1. The summed E-state index contributed by atoms with van der Waals surface area (Å²) in [5.41, 5.74) is 3.39. The molecule has 0 spiro atoms. The second-order valence-electron chi connectivity index (χ2n) is 5.26. The molecule has 2 aromatic heterocycles. The van der Waals surface area contributed by atoms with Crippen molar-refractivity contribution in [3.63, 3.8) is 0 Å². The van der Waals surface area contributed by atoms with Crippen LogP contribution in [0.25, 0.3) is 11.0 Å². The van der Waals surface area contributed by atoms with Crippen molar-refractivity contribution >= 4 is 52.3 Å². The molecule has 0 saturated heterocycles. The molecule has 0 fully saturated rings. The summed E-state index contributed by atoms with van der Waals surface area (Å²) in [5, 5.41) is 10.8. The van der Waals surface area contributed by atoms with Gasteiger partial charge in [0.2, 0.25) is 0 Å². The van der Waals surface area contributed by atoms with Gasteiger partial charge in [0.25, 0.3) is 0 Å². The van der Waals surface area contributed by atoms with Crippen molar-refractivity contribution in [1.82, 2.24) is 20.2 Å². The van der Waals surface area contributed by atoms with Gasteiger partial charge in [-0.2, -0.15) is 11.3 Å². The molecule has 3 rings (SSSR count). The van der Waals surface area contributed by atoms with Gasteiger partial charge in [-0.3, -0.25) is 0 Å². The molecule has 0 amide bonds. The average Bonchev–Trinajstić information content (AvgIpc) is 3.19. The summed E-state index contributed by atoms with van der Waals surface area (Å²) in [6.07, 6.45) is 0. The number of nitrogens with zero attached hydrogens (tertiary/aromatic N) is 3. The Bertz CT molecular complexity index is 795. The third-order valence-corrected chi connectivity index (χ3v) is 4.37. The summed E-state index contributed by atoms with van der Waals surface area (Å²) in [7, 11) is 2.04. The Morgan fingerprint density at radius 3 is 2.79 bits per heavy atom. The van der Waals surface area contributed by atoms with E-state index < -0.39 is 0 Å². The molecule has 3 aromatic rings. The van der Waals surface area contributed by atoms with Crippen LogP contribution in [0.1, 0.15) is 18.3 Å². The molecule has 24 heavy (non-hydrogen) atoms. The van der Waals surface area contributed by atoms with Crippen molar-refractivity contribution in [3.05, 3.63) is 52.5 Å². The van der Waals surface area contributed by atoms with Crippen molar-refractivity contribution in [2.24, 2.45) is 12.0 Å². The highest BCUT2D eigenvalue weighted by Crippen LogP contribution is 2.13. The van der Waals surface area contributed by atoms with Crippen LogP contribution in [-0.2, 0) is 20.1 Å².